The number of aryl methyl sites for hydroxylation is 1. The molecule has 0 saturated carbocycles. The van der Waals surface area contributed by atoms with Crippen LogP contribution in [0, 0.1) is 0 Å². The SMILES string of the molecule is CCCCc1ccc2nc(NC)[nH]c2c1. The molecule has 3 heteroatoms. The zero-order chi connectivity index (χ0) is 10.7. The van der Waals surface area contributed by atoms with Crippen LogP contribution in [0.15, 0.2) is 18.2 Å². The van der Waals surface area contributed by atoms with Crippen molar-refractivity contribution < 1.29 is 0 Å². The van der Waals surface area contributed by atoms with Crippen LogP contribution >= 0.6 is 0 Å². The Morgan fingerprint density at radius 2 is 2.27 bits per heavy atom. The van der Waals surface area contributed by atoms with Crippen molar-refractivity contribution in [2.75, 3.05) is 12.4 Å². The van der Waals surface area contributed by atoms with Crippen LogP contribution in [-0.2, 0) is 6.42 Å². The summed E-state index contributed by atoms with van der Waals surface area (Å²) >= 11 is 0. The minimum atomic E-state index is 0.831. The molecule has 80 valence electrons. The van der Waals surface area contributed by atoms with Gasteiger partial charge in [0, 0.05) is 7.05 Å². The highest BCUT2D eigenvalue weighted by molar-refractivity contribution is 5.78. The Kier molecular flexibility index (Phi) is 2.90. The van der Waals surface area contributed by atoms with E-state index in [4.69, 9.17) is 0 Å². The Bertz CT molecular complexity index is 445. The topological polar surface area (TPSA) is 40.7 Å². The first-order valence-corrected chi connectivity index (χ1v) is 5.50. The van der Waals surface area contributed by atoms with Crippen molar-refractivity contribution in [3.05, 3.63) is 23.8 Å². The number of unbranched alkanes of at least 4 members (excludes halogenated alkanes) is 1. The van der Waals surface area contributed by atoms with Gasteiger partial charge >= 0.3 is 0 Å². The van der Waals surface area contributed by atoms with E-state index in [-0.39, 0.29) is 0 Å². The van der Waals surface area contributed by atoms with Gasteiger partial charge < -0.3 is 10.3 Å². The van der Waals surface area contributed by atoms with E-state index in [9.17, 15) is 0 Å². The molecule has 3 nitrogen and oxygen atoms in total. The van der Waals surface area contributed by atoms with Gasteiger partial charge in [0.2, 0.25) is 5.95 Å². The lowest BCUT2D eigenvalue weighted by atomic mass is 10.1. The molecule has 0 saturated heterocycles. The molecule has 0 aliphatic carbocycles. The molecule has 1 aromatic carbocycles. The van der Waals surface area contributed by atoms with E-state index < -0.39 is 0 Å². The van der Waals surface area contributed by atoms with Crippen LogP contribution in [0.2, 0.25) is 0 Å². The number of hydrogen-bond donors (Lipinski definition) is 2. The Morgan fingerprint density at radius 1 is 1.40 bits per heavy atom. The number of H-pyrrole nitrogens is 1. The number of nitrogens with zero attached hydrogens (tertiary/aromatic N) is 1. The number of aromatic amines is 1. The summed E-state index contributed by atoms with van der Waals surface area (Å²) in [5, 5.41) is 3.01. The van der Waals surface area contributed by atoms with Gasteiger partial charge in [-0.15, -0.1) is 0 Å². The average molecular weight is 203 g/mol. The van der Waals surface area contributed by atoms with Crippen molar-refractivity contribution in [3.63, 3.8) is 0 Å². The van der Waals surface area contributed by atoms with Crippen LogP contribution in [0.5, 0.6) is 0 Å². The molecule has 1 heterocycles. The molecule has 15 heavy (non-hydrogen) atoms. The number of anilines is 1. The predicted molar refractivity (Wildman–Crippen MR) is 64.3 cm³/mol. The first-order chi connectivity index (χ1) is 7.33. The number of aromatic nitrogens is 2. The van der Waals surface area contributed by atoms with Gasteiger partial charge in [-0.25, -0.2) is 4.98 Å². The molecular weight excluding hydrogens is 186 g/mol. The molecule has 0 bridgehead atoms. The average Bonchev–Trinajstić information content (AvgIpc) is 2.68. The van der Waals surface area contributed by atoms with Gasteiger partial charge in [-0.1, -0.05) is 19.4 Å². The van der Waals surface area contributed by atoms with Gasteiger partial charge in [0.1, 0.15) is 0 Å². The molecule has 2 N–H and O–H groups in total. The molecule has 0 atom stereocenters. The van der Waals surface area contributed by atoms with Gasteiger partial charge in [0.05, 0.1) is 11.0 Å². The fourth-order valence-electron chi connectivity index (χ4n) is 1.71. The van der Waals surface area contributed by atoms with E-state index in [1.807, 2.05) is 7.05 Å². The third-order valence-electron chi connectivity index (χ3n) is 2.60. The van der Waals surface area contributed by atoms with Gasteiger partial charge in [-0.05, 0) is 30.5 Å². The van der Waals surface area contributed by atoms with Crippen LogP contribution in [-0.4, -0.2) is 17.0 Å². The molecule has 0 spiro atoms. The summed E-state index contributed by atoms with van der Waals surface area (Å²) in [5.41, 5.74) is 3.53. The van der Waals surface area contributed by atoms with Crippen LogP contribution in [0.25, 0.3) is 11.0 Å². The monoisotopic (exact) mass is 203 g/mol. The van der Waals surface area contributed by atoms with Crippen molar-refractivity contribution in [2.24, 2.45) is 0 Å². The van der Waals surface area contributed by atoms with Crippen molar-refractivity contribution in [1.82, 2.24) is 9.97 Å². The number of imidazole rings is 1. The molecule has 2 rings (SSSR count). The lowest BCUT2D eigenvalue weighted by molar-refractivity contribution is 0.796. The molecule has 0 aliphatic rings. The maximum absolute atomic E-state index is 4.39. The van der Waals surface area contributed by atoms with Crippen molar-refractivity contribution >= 4 is 17.0 Å². The van der Waals surface area contributed by atoms with E-state index in [0.29, 0.717) is 0 Å². The zero-order valence-corrected chi connectivity index (χ0v) is 9.30. The van der Waals surface area contributed by atoms with Crippen LogP contribution < -0.4 is 5.32 Å². The second kappa shape index (κ2) is 4.34. The standard InChI is InChI=1S/C12H17N3/c1-3-4-5-9-6-7-10-11(8-9)15-12(13-2)14-10/h6-8H,3-5H2,1-2H3,(H2,13,14,15). The fraction of sp³-hybridized carbons (Fsp3) is 0.417. The van der Waals surface area contributed by atoms with Crippen LogP contribution in [0.3, 0.4) is 0 Å². The minimum absolute atomic E-state index is 0.831. The van der Waals surface area contributed by atoms with Crippen LogP contribution in [0.4, 0.5) is 5.95 Å². The summed E-state index contributed by atoms with van der Waals surface area (Å²) in [4.78, 5) is 7.63. The predicted octanol–water partition coefficient (Wildman–Crippen LogP) is 2.95. The number of hydrogen-bond acceptors (Lipinski definition) is 2. The number of benzene rings is 1. The maximum Gasteiger partial charge on any atom is 0.200 e. The van der Waals surface area contributed by atoms with Gasteiger partial charge in [-0.3, -0.25) is 0 Å². The fourth-order valence-corrected chi connectivity index (χ4v) is 1.71. The molecule has 0 radical (unpaired) electrons. The third kappa shape index (κ3) is 2.12. The smallest absolute Gasteiger partial charge is 0.200 e. The largest absolute Gasteiger partial charge is 0.359 e. The highest BCUT2D eigenvalue weighted by atomic mass is 15.1. The summed E-state index contributed by atoms with van der Waals surface area (Å²) in [6.45, 7) is 2.22. The van der Waals surface area contributed by atoms with E-state index in [1.54, 1.807) is 0 Å². The second-order valence-corrected chi connectivity index (χ2v) is 3.79. The maximum atomic E-state index is 4.39. The molecular formula is C12H17N3. The Morgan fingerprint density at radius 3 is 3.00 bits per heavy atom. The van der Waals surface area contributed by atoms with E-state index in [0.717, 1.165) is 23.4 Å². The first kappa shape index (κ1) is 10.0. The molecule has 0 fully saturated rings. The highest BCUT2D eigenvalue weighted by Crippen LogP contribution is 2.17. The summed E-state index contributed by atoms with van der Waals surface area (Å²) < 4.78 is 0. The van der Waals surface area contributed by atoms with Gasteiger partial charge in [0.25, 0.3) is 0 Å². The van der Waals surface area contributed by atoms with Crippen molar-refractivity contribution in [1.29, 1.82) is 0 Å². The Labute approximate surface area is 89.9 Å². The summed E-state index contributed by atoms with van der Waals surface area (Å²) in [6.07, 6.45) is 3.64. The highest BCUT2D eigenvalue weighted by Gasteiger charge is 2.01. The molecule has 0 unspecified atom stereocenters. The first-order valence-electron chi connectivity index (χ1n) is 5.50. The van der Waals surface area contributed by atoms with Gasteiger partial charge in [-0.2, -0.15) is 0 Å². The number of fused-ring (bicyclic) bond motifs is 1. The molecule has 1 aromatic heterocycles. The molecule has 0 aliphatic heterocycles. The van der Waals surface area contributed by atoms with E-state index >= 15 is 0 Å². The quantitative estimate of drug-likeness (QED) is 0.802. The Hall–Kier alpha value is -1.51. The van der Waals surface area contributed by atoms with Crippen molar-refractivity contribution in [2.45, 2.75) is 26.2 Å². The summed E-state index contributed by atoms with van der Waals surface area (Å²) in [5.74, 6) is 0.831. The summed E-state index contributed by atoms with van der Waals surface area (Å²) in [7, 11) is 1.87. The Balaban J connectivity index is 2.29. The lowest BCUT2D eigenvalue weighted by Gasteiger charge is -1.98. The van der Waals surface area contributed by atoms with Crippen molar-refractivity contribution in [3.8, 4) is 0 Å². The minimum Gasteiger partial charge on any atom is -0.359 e. The zero-order valence-electron chi connectivity index (χ0n) is 9.30. The number of rotatable bonds is 4. The summed E-state index contributed by atoms with van der Waals surface area (Å²) in [6, 6.07) is 6.44. The second-order valence-electron chi connectivity index (χ2n) is 3.79. The van der Waals surface area contributed by atoms with E-state index in [1.165, 1.54) is 18.4 Å². The van der Waals surface area contributed by atoms with Crippen LogP contribution in [0.1, 0.15) is 25.3 Å². The molecule has 0 amide bonds. The van der Waals surface area contributed by atoms with Gasteiger partial charge in [0.15, 0.2) is 0 Å². The third-order valence-corrected chi connectivity index (χ3v) is 2.60. The molecule has 2 aromatic rings. The lowest BCUT2D eigenvalue weighted by Crippen LogP contribution is -1.88. The normalized spacial score (nSPS) is 10.8. The van der Waals surface area contributed by atoms with E-state index in [2.05, 4.69) is 40.4 Å². The number of nitrogens with one attached hydrogen (secondary N) is 2.